The number of fused-ring (bicyclic) bond motifs is 19. The number of hydrogen-bond donors (Lipinski definition) is 0. The topological polar surface area (TPSA) is 6.48 Å². The normalized spacial score (nSPS) is 19.3. The van der Waals surface area contributed by atoms with Crippen molar-refractivity contribution in [1.82, 2.24) is 0 Å². The van der Waals surface area contributed by atoms with E-state index in [2.05, 4.69) is 217 Å². The van der Waals surface area contributed by atoms with Gasteiger partial charge in [0.1, 0.15) is 0 Å². The summed E-state index contributed by atoms with van der Waals surface area (Å²) in [4.78, 5) is 5.60. The average molecular weight is 909 g/mol. The number of para-hydroxylation sites is 2. The van der Waals surface area contributed by atoms with Gasteiger partial charge in [-0.2, -0.15) is 0 Å². The van der Waals surface area contributed by atoms with Crippen LogP contribution in [0.5, 0.6) is 0 Å². The first-order valence-corrected chi connectivity index (χ1v) is 26.4. The molecule has 2 nitrogen and oxygen atoms in total. The minimum Gasteiger partial charge on any atom is -0.376 e. The highest BCUT2D eigenvalue weighted by Gasteiger charge is 2.56. The Morgan fingerprint density at radius 2 is 1.00 bits per heavy atom. The minimum absolute atomic E-state index is 0.0446. The van der Waals surface area contributed by atoms with Gasteiger partial charge in [0.15, 0.2) is 0 Å². The Bertz CT molecular complexity index is 3740. The molecule has 15 rings (SSSR count). The van der Waals surface area contributed by atoms with Crippen LogP contribution in [0.1, 0.15) is 126 Å². The van der Waals surface area contributed by atoms with E-state index in [0.29, 0.717) is 0 Å². The van der Waals surface area contributed by atoms with Crippen LogP contribution < -0.4 is 20.6 Å². The van der Waals surface area contributed by atoms with Crippen LogP contribution in [0.15, 0.2) is 152 Å². The Kier molecular flexibility index (Phi) is 7.68. The van der Waals surface area contributed by atoms with Gasteiger partial charge in [-0.25, -0.2) is 0 Å². The first kappa shape index (κ1) is 40.5. The van der Waals surface area contributed by atoms with E-state index in [1.165, 1.54) is 152 Å². The van der Waals surface area contributed by atoms with Crippen molar-refractivity contribution < 1.29 is 0 Å². The van der Waals surface area contributed by atoms with Gasteiger partial charge in [0.2, 0.25) is 0 Å². The maximum absolute atomic E-state index is 2.84. The monoisotopic (exact) mass is 908 g/mol. The molecule has 4 heteroatoms. The van der Waals surface area contributed by atoms with Gasteiger partial charge < -0.3 is 9.71 Å². The second-order valence-corrected chi connectivity index (χ2v) is 25.1. The highest BCUT2D eigenvalue weighted by molar-refractivity contribution is 7.26. The third kappa shape index (κ3) is 4.94. The van der Waals surface area contributed by atoms with Gasteiger partial charge in [0.25, 0.3) is 0 Å². The predicted molar refractivity (Wildman–Crippen MR) is 294 cm³/mol. The van der Waals surface area contributed by atoms with Crippen molar-refractivity contribution in [3.05, 3.63) is 196 Å². The van der Waals surface area contributed by atoms with Crippen LogP contribution in [-0.4, -0.2) is 6.85 Å². The molecule has 0 saturated carbocycles. The molecule has 0 atom stereocenters. The molecule has 9 aromatic rings. The Morgan fingerprint density at radius 3 is 1.71 bits per heavy atom. The van der Waals surface area contributed by atoms with Crippen molar-refractivity contribution in [2.45, 2.75) is 108 Å². The molecule has 0 saturated heterocycles. The summed E-state index contributed by atoms with van der Waals surface area (Å²) in [6.45, 7) is 19.8. The van der Waals surface area contributed by atoms with Crippen molar-refractivity contribution >= 4 is 77.7 Å². The summed E-state index contributed by atoms with van der Waals surface area (Å²) in [6.07, 6.45) is 4.72. The lowest BCUT2D eigenvalue weighted by atomic mass is 9.42. The molecule has 0 unspecified atom stereocenters. The summed E-state index contributed by atoms with van der Waals surface area (Å²) in [6, 6.07) is 60.2. The first-order valence-electron chi connectivity index (χ1n) is 25.5. The lowest BCUT2D eigenvalue weighted by molar-refractivity contribution is 0.332. The van der Waals surface area contributed by atoms with Crippen LogP contribution in [0.3, 0.4) is 0 Å². The molecular formula is C65H57BN2S. The standard InChI is InChI=1S/C65H57BN2S/c1-61(2)30-31-62(3,4)49-34-38(28-29-46(49)61)68-54-37-51-50(63(5,6)32-33-64(51,7)8)35-42(54)43-36-56-57(41-20-11-16-27-55(41)69-56)60-58(43)66(68)52-25-17-24-48-59(52)67(60)53-26-15-14-23-47(53)65(48)44-21-12-9-18-39(44)40-19-10-13-22-45(40)65/h9-29,34-37H,30-33H2,1-8H3. The zero-order chi connectivity index (χ0) is 46.7. The van der Waals surface area contributed by atoms with Crippen LogP contribution in [0.4, 0.5) is 28.4 Å². The van der Waals surface area contributed by atoms with Crippen molar-refractivity contribution in [1.29, 1.82) is 0 Å². The van der Waals surface area contributed by atoms with Crippen molar-refractivity contribution in [2.24, 2.45) is 0 Å². The molecule has 0 fully saturated rings. The highest BCUT2D eigenvalue weighted by Crippen LogP contribution is 2.65. The molecule has 1 spiro atoms. The Balaban J connectivity index is 1.14. The van der Waals surface area contributed by atoms with Gasteiger partial charge in [-0.3, -0.25) is 0 Å². The molecule has 3 aliphatic carbocycles. The molecule has 0 bridgehead atoms. The quantitative estimate of drug-likeness (QED) is 0.151. The minimum atomic E-state index is -0.510. The summed E-state index contributed by atoms with van der Waals surface area (Å²) < 4.78 is 2.69. The second-order valence-electron chi connectivity index (χ2n) is 24.0. The Labute approximate surface area is 411 Å². The largest absolute Gasteiger partial charge is 0.376 e. The summed E-state index contributed by atoms with van der Waals surface area (Å²) >= 11 is 1.96. The van der Waals surface area contributed by atoms with Gasteiger partial charge in [0, 0.05) is 42.8 Å². The molecule has 1 aromatic heterocycles. The van der Waals surface area contributed by atoms with E-state index in [0.717, 1.165) is 0 Å². The van der Waals surface area contributed by atoms with Crippen molar-refractivity contribution in [2.75, 3.05) is 9.71 Å². The maximum atomic E-state index is 2.84. The maximum Gasteiger partial charge on any atom is 0.333 e. The van der Waals surface area contributed by atoms with E-state index in [9.17, 15) is 0 Å². The molecule has 4 heterocycles. The third-order valence-corrected chi connectivity index (χ3v) is 19.7. The first-order chi connectivity index (χ1) is 33.2. The van der Waals surface area contributed by atoms with E-state index in [4.69, 9.17) is 0 Å². The second kappa shape index (κ2) is 13.1. The van der Waals surface area contributed by atoms with E-state index >= 15 is 0 Å². The fraction of sp³-hybridized carbons (Fsp3) is 0.262. The van der Waals surface area contributed by atoms with Crippen molar-refractivity contribution in [3.8, 4) is 22.3 Å². The number of anilines is 5. The van der Waals surface area contributed by atoms with E-state index in [1.54, 1.807) is 0 Å². The van der Waals surface area contributed by atoms with Gasteiger partial charge in [-0.15, -0.1) is 11.3 Å². The smallest absolute Gasteiger partial charge is 0.333 e. The average Bonchev–Trinajstić information content (AvgIpc) is 3.87. The van der Waals surface area contributed by atoms with Crippen LogP contribution >= 0.6 is 11.3 Å². The summed E-state index contributed by atoms with van der Waals surface area (Å²) in [5.74, 6) is 0. The van der Waals surface area contributed by atoms with E-state index < -0.39 is 5.41 Å². The van der Waals surface area contributed by atoms with Gasteiger partial charge in [0.05, 0.1) is 16.8 Å². The molecule has 6 aliphatic rings. The van der Waals surface area contributed by atoms with Crippen LogP contribution in [0.2, 0.25) is 0 Å². The summed E-state index contributed by atoms with van der Waals surface area (Å²) in [5.41, 5.74) is 26.0. The molecule has 0 N–H and O–H groups in total. The number of hydrogen-bond acceptors (Lipinski definition) is 3. The van der Waals surface area contributed by atoms with Crippen LogP contribution in [0, 0.1) is 0 Å². The lowest BCUT2D eigenvalue weighted by Gasteiger charge is -2.52. The molecule has 3 aliphatic heterocycles. The Hall–Kier alpha value is -6.36. The van der Waals surface area contributed by atoms with E-state index in [-0.39, 0.29) is 28.5 Å². The zero-order valence-corrected chi connectivity index (χ0v) is 42.0. The number of rotatable bonds is 1. The molecular weight excluding hydrogens is 852 g/mol. The number of thiophene rings is 1. The molecule has 69 heavy (non-hydrogen) atoms. The molecule has 0 radical (unpaired) electrons. The fourth-order valence-electron chi connectivity index (χ4n) is 14.8. The van der Waals surface area contributed by atoms with Gasteiger partial charge in [-0.05, 0) is 162 Å². The fourth-order valence-corrected chi connectivity index (χ4v) is 16.0. The van der Waals surface area contributed by atoms with E-state index in [1.807, 2.05) is 11.3 Å². The number of nitrogens with zero attached hydrogens (tertiary/aromatic N) is 2. The van der Waals surface area contributed by atoms with Gasteiger partial charge >= 0.3 is 6.85 Å². The molecule has 8 aromatic carbocycles. The SMILES string of the molecule is CC1(C)CCC(C)(C)c2cc(N3B4c5cccc6c5N(c5ccccc5C65c6ccccc6-c6ccccc65)c5c4c(cc4sc6ccccc6c54)-c4cc5c(cc43)C(C)(C)CCC5(C)C)ccc21. The zero-order valence-electron chi connectivity index (χ0n) is 41.1. The third-order valence-electron chi connectivity index (χ3n) is 18.6. The number of benzene rings is 8. The highest BCUT2D eigenvalue weighted by atomic mass is 32.1. The lowest BCUT2D eigenvalue weighted by Crippen LogP contribution is -2.63. The summed E-state index contributed by atoms with van der Waals surface area (Å²) in [7, 11) is 0. The molecule has 336 valence electrons. The summed E-state index contributed by atoms with van der Waals surface area (Å²) in [5, 5.41) is 2.71. The molecule has 0 amide bonds. The predicted octanol–water partition coefficient (Wildman–Crippen LogP) is 16.1. The van der Waals surface area contributed by atoms with Crippen LogP contribution in [-0.2, 0) is 27.1 Å². The van der Waals surface area contributed by atoms with Crippen molar-refractivity contribution in [3.63, 3.8) is 0 Å². The Morgan fingerprint density at radius 1 is 0.420 bits per heavy atom. The van der Waals surface area contributed by atoms with Gasteiger partial charge in [-0.1, -0.05) is 165 Å². The van der Waals surface area contributed by atoms with Crippen LogP contribution in [0.25, 0.3) is 42.4 Å².